The lowest BCUT2D eigenvalue weighted by Gasteiger charge is -2.15. The molecular formula is C17H28N4O. The summed E-state index contributed by atoms with van der Waals surface area (Å²) in [5.41, 5.74) is 2.66. The highest BCUT2D eigenvalue weighted by Crippen LogP contribution is 2.13. The number of rotatable bonds is 7. The highest BCUT2D eigenvalue weighted by atomic mass is 16.5. The molecule has 1 aliphatic rings. The minimum Gasteiger partial charge on any atom is -0.383 e. The average Bonchev–Trinajstić information content (AvgIpc) is 3.05. The summed E-state index contributed by atoms with van der Waals surface area (Å²) < 4.78 is 5.02. The molecule has 1 heterocycles. The quantitative estimate of drug-likeness (QED) is 0.456. The van der Waals surface area contributed by atoms with Gasteiger partial charge in [-0.05, 0) is 37.1 Å². The van der Waals surface area contributed by atoms with Crippen LogP contribution in [0.3, 0.4) is 0 Å². The van der Waals surface area contributed by atoms with Gasteiger partial charge in [0, 0.05) is 33.8 Å². The van der Waals surface area contributed by atoms with E-state index < -0.39 is 0 Å². The molecule has 1 fully saturated rings. The molecule has 0 bridgehead atoms. The van der Waals surface area contributed by atoms with Gasteiger partial charge in [-0.3, -0.25) is 9.89 Å². The van der Waals surface area contributed by atoms with Crippen LogP contribution in [0, 0.1) is 0 Å². The molecule has 0 radical (unpaired) electrons. The third-order valence-corrected chi connectivity index (χ3v) is 3.91. The Kier molecular flexibility index (Phi) is 7.19. The summed E-state index contributed by atoms with van der Waals surface area (Å²) in [5, 5.41) is 6.52. The van der Waals surface area contributed by atoms with Crippen molar-refractivity contribution in [2.24, 2.45) is 4.99 Å². The molecule has 0 amide bonds. The topological polar surface area (TPSA) is 48.9 Å². The monoisotopic (exact) mass is 304 g/mol. The number of benzene rings is 1. The summed E-state index contributed by atoms with van der Waals surface area (Å²) in [6, 6.07) is 8.86. The van der Waals surface area contributed by atoms with E-state index in [9.17, 15) is 0 Å². The highest BCUT2D eigenvalue weighted by Gasteiger charge is 2.11. The highest BCUT2D eigenvalue weighted by molar-refractivity contribution is 5.79. The fourth-order valence-electron chi connectivity index (χ4n) is 2.64. The van der Waals surface area contributed by atoms with E-state index in [0.29, 0.717) is 6.61 Å². The van der Waals surface area contributed by atoms with Gasteiger partial charge in [0.25, 0.3) is 0 Å². The number of nitrogens with zero attached hydrogens (tertiary/aromatic N) is 2. The smallest absolute Gasteiger partial charge is 0.191 e. The molecule has 1 aliphatic heterocycles. The molecule has 0 aromatic heterocycles. The van der Waals surface area contributed by atoms with Crippen molar-refractivity contribution >= 4 is 5.96 Å². The zero-order valence-electron chi connectivity index (χ0n) is 13.8. The molecule has 22 heavy (non-hydrogen) atoms. The standard InChI is InChI=1S/C17H28N4O/c1-18-17(19-9-12-22-2)20-13-15-5-7-16(8-6-15)14-21-10-3-4-11-21/h5-8H,3-4,9-14H2,1-2H3,(H2,18,19,20). The lowest BCUT2D eigenvalue weighted by atomic mass is 10.1. The van der Waals surface area contributed by atoms with Gasteiger partial charge in [0.15, 0.2) is 5.96 Å². The van der Waals surface area contributed by atoms with Crippen LogP contribution >= 0.6 is 0 Å². The minimum atomic E-state index is 0.673. The van der Waals surface area contributed by atoms with Crippen molar-refractivity contribution in [2.45, 2.75) is 25.9 Å². The molecule has 2 rings (SSSR count). The van der Waals surface area contributed by atoms with Crippen LogP contribution in [0.2, 0.25) is 0 Å². The third-order valence-electron chi connectivity index (χ3n) is 3.91. The van der Waals surface area contributed by atoms with E-state index in [-0.39, 0.29) is 0 Å². The first-order valence-corrected chi connectivity index (χ1v) is 8.05. The Hall–Kier alpha value is -1.59. The predicted molar refractivity (Wildman–Crippen MR) is 91.0 cm³/mol. The second kappa shape index (κ2) is 9.43. The molecule has 1 aromatic rings. The molecule has 0 aliphatic carbocycles. The Bertz CT molecular complexity index is 452. The van der Waals surface area contributed by atoms with Gasteiger partial charge < -0.3 is 15.4 Å². The molecule has 0 saturated carbocycles. The van der Waals surface area contributed by atoms with E-state index in [0.717, 1.165) is 25.6 Å². The molecule has 1 aromatic carbocycles. The summed E-state index contributed by atoms with van der Waals surface area (Å²) in [5.74, 6) is 0.804. The average molecular weight is 304 g/mol. The van der Waals surface area contributed by atoms with Crippen LogP contribution in [-0.4, -0.2) is 51.3 Å². The number of guanidine groups is 1. The van der Waals surface area contributed by atoms with Gasteiger partial charge in [-0.25, -0.2) is 0 Å². The Morgan fingerprint density at radius 1 is 1.14 bits per heavy atom. The van der Waals surface area contributed by atoms with Gasteiger partial charge >= 0.3 is 0 Å². The van der Waals surface area contributed by atoms with Gasteiger partial charge in [0.1, 0.15) is 0 Å². The number of methoxy groups -OCH3 is 1. The molecule has 2 N–H and O–H groups in total. The molecule has 5 heteroatoms. The minimum absolute atomic E-state index is 0.673. The van der Waals surface area contributed by atoms with Gasteiger partial charge in [0.05, 0.1) is 6.61 Å². The van der Waals surface area contributed by atoms with Crippen molar-refractivity contribution in [3.05, 3.63) is 35.4 Å². The third kappa shape index (κ3) is 5.66. The van der Waals surface area contributed by atoms with Crippen LogP contribution in [0.4, 0.5) is 0 Å². The zero-order chi connectivity index (χ0) is 15.6. The van der Waals surface area contributed by atoms with E-state index in [4.69, 9.17) is 4.74 Å². The predicted octanol–water partition coefficient (Wildman–Crippen LogP) is 1.59. The van der Waals surface area contributed by atoms with E-state index in [1.54, 1.807) is 14.2 Å². The molecule has 1 saturated heterocycles. The normalized spacial score (nSPS) is 16.0. The molecule has 0 atom stereocenters. The number of ether oxygens (including phenoxy) is 1. The van der Waals surface area contributed by atoms with E-state index in [1.165, 1.54) is 37.1 Å². The second-order valence-corrected chi connectivity index (χ2v) is 5.65. The second-order valence-electron chi connectivity index (χ2n) is 5.65. The number of likely N-dealkylation sites (tertiary alicyclic amines) is 1. The SMILES string of the molecule is CN=C(NCCOC)NCc1ccc(CN2CCCC2)cc1. The van der Waals surface area contributed by atoms with Gasteiger partial charge in [-0.15, -0.1) is 0 Å². The fourth-order valence-corrected chi connectivity index (χ4v) is 2.64. The van der Waals surface area contributed by atoms with Gasteiger partial charge in [0.2, 0.25) is 0 Å². The largest absolute Gasteiger partial charge is 0.383 e. The van der Waals surface area contributed by atoms with Crippen LogP contribution < -0.4 is 10.6 Å². The van der Waals surface area contributed by atoms with Crippen molar-refractivity contribution in [3.63, 3.8) is 0 Å². The maximum absolute atomic E-state index is 5.02. The lowest BCUT2D eigenvalue weighted by Crippen LogP contribution is -2.38. The van der Waals surface area contributed by atoms with Crippen molar-refractivity contribution in [1.82, 2.24) is 15.5 Å². The maximum atomic E-state index is 5.02. The van der Waals surface area contributed by atoms with Gasteiger partial charge in [-0.2, -0.15) is 0 Å². The Balaban J connectivity index is 1.75. The lowest BCUT2D eigenvalue weighted by molar-refractivity contribution is 0.203. The van der Waals surface area contributed by atoms with Crippen molar-refractivity contribution in [2.75, 3.05) is 40.4 Å². The molecule has 5 nitrogen and oxygen atoms in total. The summed E-state index contributed by atoms with van der Waals surface area (Å²) in [4.78, 5) is 6.72. The van der Waals surface area contributed by atoms with Crippen molar-refractivity contribution in [1.29, 1.82) is 0 Å². The van der Waals surface area contributed by atoms with Crippen LogP contribution in [0.5, 0.6) is 0 Å². The van der Waals surface area contributed by atoms with Crippen LogP contribution in [0.25, 0.3) is 0 Å². The Labute approximate surface area is 133 Å². The van der Waals surface area contributed by atoms with Crippen molar-refractivity contribution in [3.8, 4) is 0 Å². The first kappa shape index (κ1) is 16.8. The van der Waals surface area contributed by atoms with E-state index in [1.807, 2.05) is 0 Å². The number of hydrogen-bond acceptors (Lipinski definition) is 3. The summed E-state index contributed by atoms with van der Waals surface area (Å²) >= 11 is 0. The van der Waals surface area contributed by atoms with Crippen LogP contribution in [0.1, 0.15) is 24.0 Å². The maximum Gasteiger partial charge on any atom is 0.191 e. The summed E-state index contributed by atoms with van der Waals surface area (Å²) in [7, 11) is 3.48. The van der Waals surface area contributed by atoms with Crippen LogP contribution in [-0.2, 0) is 17.8 Å². The molecule has 0 unspecified atom stereocenters. The zero-order valence-corrected chi connectivity index (χ0v) is 13.8. The summed E-state index contributed by atoms with van der Waals surface area (Å²) in [6.07, 6.45) is 2.69. The first-order valence-electron chi connectivity index (χ1n) is 8.05. The Morgan fingerprint density at radius 2 is 1.82 bits per heavy atom. The number of hydrogen-bond donors (Lipinski definition) is 2. The molecule has 122 valence electrons. The fraction of sp³-hybridized carbons (Fsp3) is 0.588. The number of nitrogens with one attached hydrogen (secondary N) is 2. The molecule has 0 spiro atoms. The number of aliphatic imine (C=N–C) groups is 1. The van der Waals surface area contributed by atoms with E-state index >= 15 is 0 Å². The van der Waals surface area contributed by atoms with Gasteiger partial charge in [-0.1, -0.05) is 24.3 Å². The van der Waals surface area contributed by atoms with Crippen molar-refractivity contribution < 1.29 is 4.74 Å². The summed E-state index contributed by atoms with van der Waals surface area (Å²) in [6.45, 7) is 5.76. The van der Waals surface area contributed by atoms with Crippen LogP contribution in [0.15, 0.2) is 29.3 Å². The molecular weight excluding hydrogens is 276 g/mol. The Morgan fingerprint density at radius 3 is 2.45 bits per heavy atom. The van der Waals surface area contributed by atoms with E-state index in [2.05, 4.69) is 44.8 Å². The first-order chi connectivity index (χ1) is 10.8.